The van der Waals surface area contributed by atoms with Crippen molar-refractivity contribution in [2.75, 3.05) is 27.3 Å². The van der Waals surface area contributed by atoms with E-state index in [2.05, 4.69) is 9.88 Å². The molecule has 1 N–H and O–H groups in total. The van der Waals surface area contributed by atoms with Crippen LogP contribution in [0.2, 0.25) is 0 Å². The van der Waals surface area contributed by atoms with Crippen LogP contribution in [-0.4, -0.2) is 48.3 Å². The number of carboxylic acids is 1. The molecular formula is C21H26N2O4. The molecule has 1 aliphatic rings. The molecular weight excluding hydrogens is 344 g/mol. The summed E-state index contributed by atoms with van der Waals surface area (Å²) in [5.41, 5.74) is 2.07. The van der Waals surface area contributed by atoms with Crippen molar-refractivity contribution >= 4 is 5.97 Å². The van der Waals surface area contributed by atoms with E-state index in [1.54, 1.807) is 20.4 Å². The fraction of sp³-hybridized carbons (Fsp3) is 0.429. The van der Waals surface area contributed by atoms with Crippen LogP contribution in [0.4, 0.5) is 0 Å². The molecule has 6 heteroatoms. The van der Waals surface area contributed by atoms with Crippen molar-refractivity contribution in [2.45, 2.75) is 25.3 Å². The van der Waals surface area contributed by atoms with Gasteiger partial charge in [-0.05, 0) is 44.1 Å². The van der Waals surface area contributed by atoms with Gasteiger partial charge in [-0.2, -0.15) is 0 Å². The molecule has 1 unspecified atom stereocenters. The van der Waals surface area contributed by atoms with E-state index < -0.39 is 5.97 Å². The summed E-state index contributed by atoms with van der Waals surface area (Å²) in [4.78, 5) is 18.1. The third-order valence-corrected chi connectivity index (χ3v) is 5.25. The average molecular weight is 370 g/mol. The predicted octanol–water partition coefficient (Wildman–Crippen LogP) is 3.18. The summed E-state index contributed by atoms with van der Waals surface area (Å²) in [6, 6.07) is 11.8. The molecule has 0 amide bonds. The van der Waals surface area contributed by atoms with Gasteiger partial charge in [-0.25, -0.2) is 0 Å². The number of hydrogen-bond donors (Lipinski definition) is 1. The summed E-state index contributed by atoms with van der Waals surface area (Å²) in [5, 5.41) is 9.29. The second-order valence-electron chi connectivity index (χ2n) is 6.80. The Morgan fingerprint density at radius 2 is 2.00 bits per heavy atom. The number of carboxylic acid groups (broad SMARTS) is 1. The van der Waals surface area contributed by atoms with Crippen molar-refractivity contribution in [2.24, 2.45) is 5.92 Å². The number of piperidine rings is 1. The Balaban J connectivity index is 1.90. The van der Waals surface area contributed by atoms with Crippen LogP contribution >= 0.6 is 0 Å². The van der Waals surface area contributed by atoms with E-state index in [4.69, 9.17) is 9.47 Å². The molecule has 27 heavy (non-hydrogen) atoms. The molecule has 1 saturated heterocycles. The molecule has 1 atom stereocenters. The standard InChI is InChI=1S/C21H26N2O4/c1-26-17-6-7-18(20(14-17)27-2)19(13-16-5-3-4-10-22-16)23-11-8-15(9-12-23)21(24)25/h3-7,10,14-15,19H,8-9,11-13H2,1-2H3,(H,24,25). The molecule has 0 saturated carbocycles. The Hall–Kier alpha value is -2.60. The molecule has 0 bridgehead atoms. The molecule has 0 aliphatic carbocycles. The zero-order valence-corrected chi connectivity index (χ0v) is 15.8. The summed E-state index contributed by atoms with van der Waals surface area (Å²) in [6.45, 7) is 1.48. The highest BCUT2D eigenvalue weighted by Crippen LogP contribution is 2.36. The minimum atomic E-state index is -0.696. The Morgan fingerprint density at radius 3 is 2.59 bits per heavy atom. The molecule has 0 spiro atoms. The first-order valence-electron chi connectivity index (χ1n) is 9.21. The van der Waals surface area contributed by atoms with Gasteiger partial charge in [0.05, 0.1) is 20.1 Å². The van der Waals surface area contributed by atoms with E-state index >= 15 is 0 Å². The van der Waals surface area contributed by atoms with Crippen molar-refractivity contribution in [3.8, 4) is 11.5 Å². The number of benzene rings is 1. The molecule has 1 fully saturated rings. The van der Waals surface area contributed by atoms with Gasteiger partial charge < -0.3 is 14.6 Å². The first-order chi connectivity index (χ1) is 13.1. The highest BCUT2D eigenvalue weighted by molar-refractivity contribution is 5.70. The van der Waals surface area contributed by atoms with E-state index in [-0.39, 0.29) is 12.0 Å². The number of nitrogens with zero attached hydrogens (tertiary/aromatic N) is 2. The van der Waals surface area contributed by atoms with Crippen molar-refractivity contribution in [1.82, 2.24) is 9.88 Å². The smallest absolute Gasteiger partial charge is 0.306 e. The minimum absolute atomic E-state index is 0.0653. The second-order valence-corrected chi connectivity index (χ2v) is 6.80. The lowest BCUT2D eigenvalue weighted by atomic mass is 9.92. The average Bonchev–Trinajstić information content (AvgIpc) is 2.72. The normalized spacial score (nSPS) is 16.7. The highest BCUT2D eigenvalue weighted by Gasteiger charge is 2.31. The summed E-state index contributed by atoms with van der Waals surface area (Å²) >= 11 is 0. The van der Waals surface area contributed by atoms with Gasteiger partial charge >= 0.3 is 5.97 Å². The van der Waals surface area contributed by atoms with Crippen LogP contribution in [0.5, 0.6) is 11.5 Å². The number of pyridine rings is 1. The Bertz CT molecular complexity index is 758. The predicted molar refractivity (Wildman–Crippen MR) is 102 cm³/mol. The second kappa shape index (κ2) is 8.86. The quantitative estimate of drug-likeness (QED) is 0.807. The molecule has 0 radical (unpaired) electrons. The lowest BCUT2D eigenvalue weighted by Crippen LogP contribution is -2.39. The zero-order valence-electron chi connectivity index (χ0n) is 15.8. The number of aromatic nitrogens is 1. The number of hydrogen-bond acceptors (Lipinski definition) is 5. The van der Waals surface area contributed by atoms with E-state index in [1.807, 2.05) is 36.4 Å². The van der Waals surface area contributed by atoms with Gasteiger partial charge in [0.1, 0.15) is 11.5 Å². The molecule has 3 rings (SSSR count). The topological polar surface area (TPSA) is 71.9 Å². The van der Waals surface area contributed by atoms with Gasteiger partial charge in [0, 0.05) is 36.0 Å². The minimum Gasteiger partial charge on any atom is -0.497 e. The van der Waals surface area contributed by atoms with E-state index in [1.165, 1.54) is 0 Å². The first kappa shape index (κ1) is 19.2. The van der Waals surface area contributed by atoms with E-state index in [9.17, 15) is 9.90 Å². The Labute approximate surface area is 159 Å². The van der Waals surface area contributed by atoms with Gasteiger partial charge in [0.2, 0.25) is 0 Å². The monoisotopic (exact) mass is 370 g/mol. The maximum absolute atomic E-state index is 11.3. The molecule has 2 aromatic rings. The Morgan fingerprint density at radius 1 is 1.22 bits per heavy atom. The molecule has 1 aromatic heterocycles. The highest BCUT2D eigenvalue weighted by atomic mass is 16.5. The van der Waals surface area contributed by atoms with Crippen LogP contribution in [0, 0.1) is 5.92 Å². The molecule has 1 aliphatic heterocycles. The van der Waals surface area contributed by atoms with Crippen LogP contribution in [0.1, 0.15) is 30.1 Å². The van der Waals surface area contributed by atoms with Crippen molar-refractivity contribution in [1.29, 1.82) is 0 Å². The SMILES string of the molecule is COc1ccc(C(Cc2ccccn2)N2CCC(C(=O)O)CC2)c(OC)c1. The number of carbonyl (C=O) groups is 1. The summed E-state index contributed by atoms with van der Waals surface area (Å²) in [7, 11) is 3.29. The summed E-state index contributed by atoms with van der Waals surface area (Å²) in [6.07, 6.45) is 3.86. The van der Waals surface area contributed by atoms with Crippen molar-refractivity contribution in [3.63, 3.8) is 0 Å². The molecule has 2 heterocycles. The third-order valence-electron chi connectivity index (χ3n) is 5.25. The van der Waals surface area contributed by atoms with Gasteiger partial charge in [0.25, 0.3) is 0 Å². The zero-order chi connectivity index (χ0) is 19.2. The lowest BCUT2D eigenvalue weighted by Gasteiger charge is -2.37. The molecule has 6 nitrogen and oxygen atoms in total. The van der Waals surface area contributed by atoms with E-state index in [0.29, 0.717) is 12.8 Å². The van der Waals surface area contributed by atoms with Crippen molar-refractivity contribution in [3.05, 3.63) is 53.9 Å². The fourth-order valence-corrected chi connectivity index (χ4v) is 3.70. The Kier molecular flexibility index (Phi) is 6.29. The summed E-state index contributed by atoms with van der Waals surface area (Å²) in [5.74, 6) is 0.569. The van der Waals surface area contributed by atoms with Crippen LogP contribution in [0.15, 0.2) is 42.6 Å². The third kappa shape index (κ3) is 4.57. The van der Waals surface area contributed by atoms with E-state index in [0.717, 1.165) is 42.3 Å². The number of rotatable bonds is 7. The molecule has 144 valence electrons. The van der Waals surface area contributed by atoms with Crippen LogP contribution in [-0.2, 0) is 11.2 Å². The number of aliphatic carboxylic acids is 1. The number of methoxy groups -OCH3 is 2. The van der Waals surface area contributed by atoms with Crippen molar-refractivity contribution < 1.29 is 19.4 Å². The van der Waals surface area contributed by atoms with Gasteiger partial charge in [0.15, 0.2) is 0 Å². The largest absolute Gasteiger partial charge is 0.497 e. The molecule has 1 aromatic carbocycles. The first-order valence-corrected chi connectivity index (χ1v) is 9.21. The number of ether oxygens (including phenoxy) is 2. The lowest BCUT2D eigenvalue weighted by molar-refractivity contribution is -0.143. The van der Waals surface area contributed by atoms with Crippen LogP contribution in [0.25, 0.3) is 0 Å². The van der Waals surface area contributed by atoms with Gasteiger partial charge in [-0.15, -0.1) is 0 Å². The maximum Gasteiger partial charge on any atom is 0.306 e. The fourth-order valence-electron chi connectivity index (χ4n) is 3.70. The number of likely N-dealkylation sites (tertiary alicyclic amines) is 1. The van der Waals surface area contributed by atoms with Gasteiger partial charge in [-0.3, -0.25) is 14.7 Å². The van der Waals surface area contributed by atoms with Gasteiger partial charge in [-0.1, -0.05) is 12.1 Å². The van der Waals surface area contributed by atoms with Crippen LogP contribution < -0.4 is 9.47 Å². The van der Waals surface area contributed by atoms with Crippen LogP contribution in [0.3, 0.4) is 0 Å². The maximum atomic E-state index is 11.3. The summed E-state index contributed by atoms with van der Waals surface area (Å²) < 4.78 is 11.0.